The molecule has 0 bridgehead atoms. The predicted molar refractivity (Wildman–Crippen MR) is 38.7 cm³/mol. The lowest BCUT2D eigenvalue weighted by Gasteiger charge is -2.15. The molecule has 0 saturated carbocycles. The molecule has 0 aromatic carbocycles. The van der Waals surface area contributed by atoms with Gasteiger partial charge in [0.25, 0.3) is 0 Å². The first kappa shape index (κ1) is 11.7. The zero-order valence-electron chi connectivity index (χ0n) is 6.78. The van der Waals surface area contributed by atoms with E-state index in [0.717, 1.165) is 0 Å². The molecule has 0 amide bonds. The average molecular weight is 235 g/mol. The van der Waals surface area contributed by atoms with Crippen LogP contribution in [0.2, 0.25) is 0 Å². The first-order valence-electron chi connectivity index (χ1n) is 3.58. The Bertz CT molecular complexity index is 301. The third-order valence-electron chi connectivity index (χ3n) is 1.66. The number of ether oxygens (including phenoxy) is 1. The van der Waals surface area contributed by atoms with Gasteiger partial charge in [-0.25, -0.2) is 8.42 Å². The van der Waals surface area contributed by atoms with Crippen LogP contribution < -0.4 is 4.72 Å². The number of rotatable bonds is 2. The third kappa shape index (κ3) is 2.35. The molecule has 1 heterocycles. The Morgan fingerprint density at radius 2 is 1.93 bits per heavy atom. The SMILES string of the molecule is O=S(=O)(N[C@@H]1COC[C@H]1O)C(F)(F)F. The number of sulfonamides is 1. The normalized spacial score (nSPS) is 29.4. The van der Waals surface area contributed by atoms with Gasteiger partial charge in [-0.15, -0.1) is 0 Å². The molecule has 0 aromatic rings. The second kappa shape index (κ2) is 3.65. The molecule has 2 N–H and O–H groups in total. The highest BCUT2D eigenvalue weighted by Crippen LogP contribution is 2.23. The maximum Gasteiger partial charge on any atom is 0.511 e. The molecular weight excluding hydrogens is 227 g/mol. The standard InChI is InChI=1S/C5H8F3NO4S/c6-5(7,8)14(11,12)9-3-1-13-2-4(3)10/h3-4,9-10H,1-2H2/t3-,4-/m1/s1. The van der Waals surface area contributed by atoms with Crippen molar-refractivity contribution in [2.45, 2.75) is 17.7 Å². The van der Waals surface area contributed by atoms with Crippen LogP contribution in [-0.2, 0) is 14.8 Å². The zero-order valence-corrected chi connectivity index (χ0v) is 7.60. The maximum absolute atomic E-state index is 11.8. The maximum atomic E-state index is 11.8. The summed E-state index contributed by atoms with van der Waals surface area (Å²) >= 11 is 0. The highest BCUT2D eigenvalue weighted by atomic mass is 32.2. The lowest BCUT2D eigenvalue weighted by Crippen LogP contribution is -2.47. The Labute approximate surface area is 77.9 Å². The summed E-state index contributed by atoms with van der Waals surface area (Å²) in [6, 6.07) is -1.23. The van der Waals surface area contributed by atoms with Crippen LogP contribution in [0.5, 0.6) is 0 Å². The number of hydrogen-bond donors (Lipinski definition) is 2. The van der Waals surface area contributed by atoms with E-state index < -0.39 is 27.7 Å². The number of halogens is 3. The van der Waals surface area contributed by atoms with Crippen LogP contribution in [0.1, 0.15) is 0 Å². The van der Waals surface area contributed by atoms with Gasteiger partial charge in [0.15, 0.2) is 0 Å². The van der Waals surface area contributed by atoms with Gasteiger partial charge in [-0.1, -0.05) is 0 Å². The summed E-state index contributed by atoms with van der Waals surface area (Å²) in [4.78, 5) is 0. The summed E-state index contributed by atoms with van der Waals surface area (Å²) in [5, 5.41) is 9.00. The molecule has 2 atom stereocenters. The van der Waals surface area contributed by atoms with Crippen molar-refractivity contribution in [2.75, 3.05) is 13.2 Å². The van der Waals surface area contributed by atoms with Crippen molar-refractivity contribution >= 4 is 10.0 Å². The molecule has 1 saturated heterocycles. The lowest BCUT2D eigenvalue weighted by molar-refractivity contribution is -0.0453. The fourth-order valence-corrected chi connectivity index (χ4v) is 1.68. The van der Waals surface area contributed by atoms with Gasteiger partial charge in [-0.05, 0) is 0 Å². The molecule has 5 nitrogen and oxygen atoms in total. The summed E-state index contributed by atoms with van der Waals surface area (Å²) in [5.74, 6) is 0. The molecule has 0 radical (unpaired) electrons. The lowest BCUT2D eigenvalue weighted by atomic mass is 10.2. The predicted octanol–water partition coefficient (Wildman–Crippen LogP) is -0.815. The number of aliphatic hydroxyl groups excluding tert-OH is 1. The topological polar surface area (TPSA) is 75.6 Å². The molecule has 1 aliphatic rings. The van der Waals surface area contributed by atoms with Crippen LogP contribution in [0.4, 0.5) is 13.2 Å². The van der Waals surface area contributed by atoms with Gasteiger partial charge in [0.05, 0.1) is 25.4 Å². The van der Waals surface area contributed by atoms with E-state index in [-0.39, 0.29) is 13.2 Å². The van der Waals surface area contributed by atoms with E-state index in [2.05, 4.69) is 4.74 Å². The van der Waals surface area contributed by atoms with Crippen LogP contribution >= 0.6 is 0 Å². The van der Waals surface area contributed by atoms with Gasteiger partial charge in [-0.3, -0.25) is 0 Å². The monoisotopic (exact) mass is 235 g/mol. The molecule has 0 spiro atoms. The first-order valence-corrected chi connectivity index (χ1v) is 5.07. The first-order chi connectivity index (χ1) is 6.24. The number of nitrogens with one attached hydrogen (secondary N) is 1. The van der Waals surface area contributed by atoms with E-state index in [9.17, 15) is 21.6 Å². The number of aliphatic hydroxyl groups is 1. The molecular formula is C5H8F3NO4S. The third-order valence-corrected chi connectivity index (χ3v) is 2.88. The van der Waals surface area contributed by atoms with Crippen molar-refractivity contribution in [1.29, 1.82) is 0 Å². The minimum absolute atomic E-state index is 0.176. The van der Waals surface area contributed by atoms with Gasteiger partial charge in [0, 0.05) is 0 Å². The molecule has 1 fully saturated rings. The molecule has 0 aromatic heterocycles. The van der Waals surface area contributed by atoms with Crippen molar-refractivity contribution in [3.63, 3.8) is 0 Å². The molecule has 14 heavy (non-hydrogen) atoms. The molecule has 84 valence electrons. The summed E-state index contributed by atoms with van der Waals surface area (Å²) < 4.78 is 62.5. The van der Waals surface area contributed by atoms with E-state index in [1.54, 1.807) is 0 Å². The Morgan fingerprint density at radius 1 is 1.36 bits per heavy atom. The Morgan fingerprint density at radius 3 is 2.29 bits per heavy atom. The minimum atomic E-state index is -5.40. The van der Waals surface area contributed by atoms with E-state index in [4.69, 9.17) is 5.11 Å². The summed E-state index contributed by atoms with van der Waals surface area (Å²) in [6.45, 7) is -0.443. The highest BCUT2D eigenvalue weighted by Gasteiger charge is 2.48. The van der Waals surface area contributed by atoms with Crippen molar-refractivity contribution in [1.82, 2.24) is 4.72 Å². The minimum Gasteiger partial charge on any atom is -0.389 e. The van der Waals surface area contributed by atoms with Crippen LogP contribution in [0.25, 0.3) is 0 Å². The van der Waals surface area contributed by atoms with Crippen LogP contribution in [-0.4, -0.2) is 44.4 Å². The van der Waals surface area contributed by atoms with E-state index in [0.29, 0.717) is 0 Å². The Balaban J connectivity index is 2.69. The van der Waals surface area contributed by atoms with E-state index in [1.807, 2.05) is 0 Å². The summed E-state index contributed by atoms with van der Waals surface area (Å²) in [6.07, 6.45) is -1.24. The summed E-state index contributed by atoms with van der Waals surface area (Å²) in [5.41, 5.74) is -5.37. The Hall–Kier alpha value is -0.380. The fraction of sp³-hybridized carbons (Fsp3) is 1.00. The summed E-state index contributed by atoms with van der Waals surface area (Å²) in [7, 11) is -5.40. The molecule has 0 aliphatic carbocycles. The molecule has 1 rings (SSSR count). The number of alkyl halides is 3. The Kier molecular flexibility index (Phi) is 3.04. The van der Waals surface area contributed by atoms with Crippen molar-refractivity contribution < 1.29 is 31.4 Å². The van der Waals surface area contributed by atoms with Crippen LogP contribution in [0.15, 0.2) is 0 Å². The largest absolute Gasteiger partial charge is 0.511 e. The smallest absolute Gasteiger partial charge is 0.389 e. The van der Waals surface area contributed by atoms with Gasteiger partial charge in [-0.2, -0.15) is 17.9 Å². The molecule has 9 heteroatoms. The average Bonchev–Trinajstić information content (AvgIpc) is 2.33. The molecule has 1 aliphatic heterocycles. The second-order valence-corrected chi connectivity index (χ2v) is 4.48. The van der Waals surface area contributed by atoms with Crippen molar-refractivity contribution in [2.24, 2.45) is 0 Å². The highest BCUT2D eigenvalue weighted by molar-refractivity contribution is 7.90. The van der Waals surface area contributed by atoms with Gasteiger partial charge in [0.2, 0.25) is 0 Å². The molecule has 0 unspecified atom stereocenters. The van der Waals surface area contributed by atoms with Crippen molar-refractivity contribution in [3.8, 4) is 0 Å². The second-order valence-electron chi connectivity index (χ2n) is 2.78. The van der Waals surface area contributed by atoms with Crippen LogP contribution in [0, 0.1) is 0 Å². The van der Waals surface area contributed by atoms with Gasteiger partial charge in [0.1, 0.15) is 0 Å². The van der Waals surface area contributed by atoms with E-state index >= 15 is 0 Å². The van der Waals surface area contributed by atoms with Crippen LogP contribution in [0.3, 0.4) is 0 Å². The van der Waals surface area contributed by atoms with E-state index in [1.165, 1.54) is 4.72 Å². The van der Waals surface area contributed by atoms with Gasteiger partial charge >= 0.3 is 15.5 Å². The fourth-order valence-electron chi connectivity index (χ4n) is 0.922. The quantitative estimate of drug-likeness (QED) is 0.656. The zero-order chi connectivity index (χ0) is 11.0. The van der Waals surface area contributed by atoms with Crippen molar-refractivity contribution in [3.05, 3.63) is 0 Å². The van der Waals surface area contributed by atoms with Gasteiger partial charge < -0.3 is 9.84 Å². The number of hydrogen-bond acceptors (Lipinski definition) is 4.